The number of nitrogens with two attached hydrogens (primary N) is 1. The van der Waals surface area contributed by atoms with Gasteiger partial charge in [-0.2, -0.15) is 0 Å². The zero-order chi connectivity index (χ0) is 19.0. The van der Waals surface area contributed by atoms with Crippen LogP contribution in [0.2, 0.25) is 0 Å². The van der Waals surface area contributed by atoms with E-state index in [0.29, 0.717) is 6.54 Å². The molecule has 0 fully saturated rings. The molecule has 0 saturated carbocycles. The molecule has 2 N–H and O–H groups in total. The van der Waals surface area contributed by atoms with E-state index in [1.807, 2.05) is 0 Å². The number of amides is 1. The first-order valence-electron chi connectivity index (χ1n) is 8.92. The van der Waals surface area contributed by atoms with Crippen LogP contribution in [0.15, 0.2) is 54.9 Å². The van der Waals surface area contributed by atoms with Gasteiger partial charge in [0.15, 0.2) is 11.5 Å². The first-order valence-corrected chi connectivity index (χ1v) is 8.92. The average molecular weight is 359 g/mol. The highest BCUT2D eigenvalue weighted by atomic mass is 16.2. The van der Waals surface area contributed by atoms with Crippen LogP contribution >= 0.6 is 0 Å². The third kappa shape index (κ3) is 2.89. The molecule has 0 aliphatic rings. The van der Waals surface area contributed by atoms with Crippen LogP contribution in [0, 0.1) is 0 Å². The molecule has 27 heavy (non-hydrogen) atoms. The number of hydrogen-bond donors (Lipinski definition) is 1. The molecule has 6 nitrogen and oxygen atoms in total. The Balaban J connectivity index is 1.69. The zero-order valence-electron chi connectivity index (χ0n) is 15.4. The lowest BCUT2D eigenvalue weighted by Gasteiger charge is -2.17. The number of anilines is 1. The monoisotopic (exact) mass is 359 g/mol. The highest BCUT2D eigenvalue weighted by molar-refractivity contribution is 6.08. The van der Waals surface area contributed by atoms with Crippen molar-refractivity contribution in [2.24, 2.45) is 0 Å². The number of carbonyl (C=O) groups is 1. The summed E-state index contributed by atoms with van der Waals surface area (Å²) in [4.78, 5) is 22.3. The number of aromatic nitrogens is 3. The molecule has 4 aromatic rings. The average Bonchev–Trinajstić information content (AvgIpc) is 3.01. The summed E-state index contributed by atoms with van der Waals surface area (Å²) in [5.74, 6) is -0.0903. The Hall–Kier alpha value is -3.41. The second-order valence-corrected chi connectivity index (χ2v) is 6.56. The van der Waals surface area contributed by atoms with Crippen LogP contribution in [0.1, 0.15) is 23.0 Å². The van der Waals surface area contributed by atoms with Gasteiger partial charge >= 0.3 is 0 Å². The van der Waals surface area contributed by atoms with Gasteiger partial charge < -0.3 is 15.2 Å². The minimum absolute atomic E-state index is 0.149. The van der Waals surface area contributed by atoms with Gasteiger partial charge in [0.25, 0.3) is 5.91 Å². The molecular formula is C21H21N5O. The Morgan fingerprint density at radius 2 is 1.81 bits per heavy atom. The Kier molecular flexibility index (Phi) is 4.24. The van der Waals surface area contributed by atoms with Gasteiger partial charge in [0.05, 0.1) is 0 Å². The van der Waals surface area contributed by atoms with E-state index in [0.717, 1.165) is 12.1 Å². The molecule has 1 amide bonds. The van der Waals surface area contributed by atoms with Crippen molar-refractivity contribution in [3.05, 3.63) is 66.1 Å². The quantitative estimate of drug-likeness (QED) is 0.605. The van der Waals surface area contributed by atoms with Crippen molar-refractivity contribution in [3.63, 3.8) is 0 Å². The fourth-order valence-electron chi connectivity index (χ4n) is 3.58. The normalized spacial score (nSPS) is 11.2. The Bertz CT molecular complexity index is 1150. The minimum atomic E-state index is -0.239. The van der Waals surface area contributed by atoms with Crippen LogP contribution in [0.5, 0.6) is 0 Å². The molecule has 0 aliphatic carbocycles. The molecule has 0 spiro atoms. The maximum absolute atomic E-state index is 12.6. The summed E-state index contributed by atoms with van der Waals surface area (Å²) in [6, 6.07) is 14.8. The van der Waals surface area contributed by atoms with Crippen molar-refractivity contribution in [3.8, 4) is 0 Å². The zero-order valence-corrected chi connectivity index (χ0v) is 15.4. The molecular weight excluding hydrogens is 338 g/mol. The van der Waals surface area contributed by atoms with Crippen molar-refractivity contribution in [1.29, 1.82) is 0 Å². The second kappa shape index (κ2) is 6.72. The van der Waals surface area contributed by atoms with E-state index in [1.165, 1.54) is 34.2 Å². The molecule has 2 heterocycles. The van der Waals surface area contributed by atoms with Crippen LogP contribution in [-0.4, -0.2) is 32.4 Å². The predicted molar refractivity (Wildman–Crippen MR) is 107 cm³/mol. The predicted octanol–water partition coefficient (Wildman–Crippen LogP) is 3.46. The van der Waals surface area contributed by atoms with E-state index in [4.69, 9.17) is 5.73 Å². The Labute approximate surface area is 157 Å². The first-order chi connectivity index (χ1) is 13.1. The lowest BCUT2D eigenvalue weighted by molar-refractivity contribution is 0.0780. The van der Waals surface area contributed by atoms with Crippen molar-refractivity contribution >= 4 is 33.5 Å². The summed E-state index contributed by atoms with van der Waals surface area (Å²) >= 11 is 0. The van der Waals surface area contributed by atoms with Crippen LogP contribution in [0.3, 0.4) is 0 Å². The van der Waals surface area contributed by atoms with Crippen LogP contribution in [0.25, 0.3) is 21.8 Å². The van der Waals surface area contributed by atoms with Crippen LogP contribution < -0.4 is 5.73 Å². The molecule has 0 aliphatic heterocycles. The maximum atomic E-state index is 12.6. The molecule has 136 valence electrons. The Morgan fingerprint density at radius 1 is 1.07 bits per heavy atom. The molecule has 0 radical (unpaired) electrons. The number of hydrogen-bond acceptors (Lipinski definition) is 4. The van der Waals surface area contributed by atoms with Crippen LogP contribution in [-0.2, 0) is 13.1 Å². The highest BCUT2D eigenvalue weighted by Crippen LogP contribution is 2.30. The number of carbonyl (C=O) groups excluding carboxylic acids is 1. The number of para-hydroxylation sites is 1. The SMILES string of the molecule is CCn1c2ccccc2c2cc(CN(C)C(=O)c3nccnc3N)ccc21. The number of aryl methyl sites for hydroxylation is 1. The van der Waals surface area contributed by atoms with Gasteiger partial charge in [0.1, 0.15) is 0 Å². The fourth-order valence-corrected chi connectivity index (χ4v) is 3.58. The summed E-state index contributed by atoms with van der Waals surface area (Å²) in [6.07, 6.45) is 2.95. The van der Waals surface area contributed by atoms with Gasteiger partial charge in [-0.3, -0.25) is 4.79 Å². The van der Waals surface area contributed by atoms with Gasteiger partial charge in [-0.15, -0.1) is 0 Å². The maximum Gasteiger partial charge on any atom is 0.276 e. The molecule has 0 saturated heterocycles. The van der Waals surface area contributed by atoms with Gasteiger partial charge in [0.2, 0.25) is 0 Å². The first kappa shape index (κ1) is 17.0. The van der Waals surface area contributed by atoms with E-state index in [2.05, 4.69) is 63.9 Å². The number of nitrogens with zero attached hydrogens (tertiary/aromatic N) is 4. The van der Waals surface area contributed by atoms with Gasteiger partial charge in [-0.1, -0.05) is 24.3 Å². The summed E-state index contributed by atoms with van der Waals surface area (Å²) in [5.41, 5.74) is 9.45. The molecule has 0 atom stereocenters. The minimum Gasteiger partial charge on any atom is -0.382 e. The van der Waals surface area contributed by atoms with Gasteiger partial charge in [-0.05, 0) is 30.7 Å². The smallest absolute Gasteiger partial charge is 0.276 e. The summed E-state index contributed by atoms with van der Waals surface area (Å²) < 4.78 is 2.31. The number of benzene rings is 2. The summed E-state index contributed by atoms with van der Waals surface area (Å²) in [5, 5.41) is 2.42. The van der Waals surface area contributed by atoms with Crippen molar-refractivity contribution in [1.82, 2.24) is 19.4 Å². The number of rotatable bonds is 4. The van der Waals surface area contributed by atoms with E-state index < -0.39 is 0 Å². The van der Waals surface area contributed by atoms with E-state index in [9.17, 15) is 4.79 Å². The standard InChI is InChI=1S/C21H21N5O/c1-3-26-17-7-5-4-6-15(17)16-12-14(8-9-18(16)26)13-25(2)21(27)19-20(22)24-11-10-23-19/h4-12H,3,13H2,1-2H3,(H2,22,24). The second-order valence-electron chi connectivity index (χ2n) is 6.56. The largest absolute Gasteiger partial charge is 0.382 e. The summed E-state index contributed by atoms with van der Waals surface area (Å²) in [6.45, 7) is 3.53. The molecule has 0 bridgehead atoms. The summed E-state index contributed by atoms with van der Waals surface area (Å²) in [7, 11) is 1.75. The van der Waals surface area contributed by atoms with Gasteiger partial charge in [-0.25, -0.2) is 9.97 Å². The third-order valence-electron chi connectivity index (χ3n) is 4.85. The van der Waals surface area contributed by atoms with Gasteiger partial charge in [0, 0.05) is 54.3 Å². The van der Waals surface area contributed by atoms with Crippen molar-refractivity contribution < 1.29 is 4.79 Å². The molecule has 6 heteroatoms. The van der Waals surface area contributed by atoms with Crippen molar-refractivity contribution in [2.45, 2.75) is 20.0 Å². The highest BCUT2D eigenvalue weighted by Gasteiger charge is 2.18. The molecule has 2 aromatic heterocycles. The lowest BCUT2D eigenvalue weighted by Crippen LogP contribution is -2.28. The van der Waals surface area contributed by atoms with E-state index >= 15 is 0 Å². The molecule has 2 aromatic carbocycles. The third-order valence-corrected chi connectivity index (χ3v) is 4.85. The van der Waals surface area contributed by atoms with E-state index in [-0.39, 0.29) is 17.4 Å². The Morgan fingerprint density at radius 3 is 2.59 bits per heavy atom. The molecule has 4 rings (SSSR count). The van der Waals surface area contributed by atoms with Crippen LogP contribution in [0.4, 0.5) is 5.82 Å². The fraction of sp³-hybridized carbons (Fsp3) is 0.190. The number of fused-ring (bicyclic) bond motifs is 3. The lowest BCUT2D eigenvalue weighted by atomic mass is 10.1. The van der Waals surface area contributed by atoms with Crippen molar-refractivity contribution in [2.75, 3.05) is 12.8 Å². The molecule has 0 unspecified atom stereocenters. The van der Waals surface area contributed by atoms with E-state index in [1.54, 1.807) is 11.9 Å². The number of nitrogen functional groups attached to an aromatic ring is 1. The topological polar surface area (TPSA) is 77.0 Å².